The van der Waals surface area contributed by atoms with Crippen molar-refractivity contribution in [2.24, 2.45) is 7.05 Å². The molecule has 2 heterocycles. The van der Waals surface area contributed by atoms with Crippen LogP contribution >= 0.6 is 0 Å². The van der Waals surface area contributed by atoms with Crippen LogP contribution in [0, 0.1) is 0 Å². The van der Waals surface area contributed by atoms with Gasteiger partial charge in [0.05, 0.1) is 0 Å². The molecule has 2 heteroatoms. The number of hydrogen-bond donors (Lipinski definition) is 0. The quantitative estimate of drug-likeness (QED) is 0.274. The van der Waals surface area contributed by atoms with E-state index in [1.165, 1.54) is 49.1 Å². The van der Waals surface area contributed by atoms with Crippen LogP contribution in [0.15, 0.2) is 101 Å². The first-order chi connectivity index (χ1) is 15.3. The molecule has 146 valence electrons. The smallest absolute Gasteiger partial charge is 0.136 e. The molecule has 0 radical (unpaired) electrons. The molecule has 0 atom stereocenters. The summed E-state index contributed by atoms with van der Waals surface area (Å²) >= 11 is 0. The Morgan fingerprint density at radius 2 is 1.26 bits per heavy atom. The zero-order valence-corrected chi connectivity index (χ0v) is 17.1. The Balaban J connectivity index is 1.52. The van der Waals surface area contributed by atoms with Gasteiger partial charge in [-0.1, -0.05) is 60.7 Å². The molecule has 7 rings (SSSR count). The molecule has 0 fully saturated rings. The normalized spacial score (nSPS) is 12.0. The van der Waals surface area contributed by atoms with Gasteiger partial charge in [-0.05, 0) is 58.3 Å². The van der Waals surface area contributed by atoms with E-state index < -0.39 is 0 Å². The van der Waals surface area contributed by atoms with Crippen molar-refractivity contribution < 1.29 is 4.42 Å². The van der Waals surface area contributed by atoms with Gasteiger partial charge >= 0.3 is 0 Å². The minimum Gasteiger partial charge on any atom is -0.456 e. The second-order valence-corrected chi connectivity index (χ2v) is 8.28. The van der Waals surface area contributed by atoms with Crippen molar-refractivity contribution >= 4 is 54.5 Å². The van der Waals surface area contributed by atoms with Crippen LogP contribution in [0.25, 0.3) is 65.6 Å². The largest absolute Gasteiger partial charge is 0.456 e. The maximum Gasteiger partial charge on any atom is 0.136 e. The summed E-state index contributed by atoms with van der Waals surface area (Å²) in [5.41, 5.74) is 6.76. The number of furan rings is 1. The predicted molar refractivity (Wildman–Crippen MR) is 131 cm³/mol. The van der Waals surface area contributed by atoms with Crippen LogP contribution in [0.5, 0.6) is 0 Å². The van der Waals surface area contributed by atoms with E-state index in [9.17, 15) is 0 Å². The van der Waals surface area contributed by atoms with Crippen LogP contribution in [-0.4, -0.2) is 4.57 Å². The number of rotatable bonds is 1. The maximum atomic E-state index is 6.13. The molecule has 0 saturated heterocycles. The summed E-state index contributed by atoms with van der Waals surface area (Å²) in [7, 11) is 2.15. The predicted octanol–water partition coefficient (Wildman–Crippen LogP) is 8.05. The van der Waals surface area contributed by atoms with Crippen LogP contribution in [-0.2, 0) is 7.05 Å². The zero-order chi connectivity index (χ0) is 20.5. The molecule has 0 spiro atoms. The van der Waals surface area contributed by atoms with Crippen LogP contribution in [0.3, 0.4) is 0 Å². The number of hydrogen-bond acceptors (Lipinski definition) is 1. The number of aryl methyl sites for hydroxylation is 1. The molecule has 0 saturated carbocycles. The van der Waals surface area contributed by atoms with E-state index in [4.69, 9.17) is 4.42 Å². The molecule has 0 bridgehead atoms. The molecule has 2 aromatic heterocycles. The minimum absolute atomic E-state index is 0.933. The summed E-state index contributed by atoms with van der Waals surface area (Å²) in [6.07, 6.45) is 0. The fourth-order valence-electron chi connectivity index (χ4n) is 5.07. The molecule has 0 N–H and O–H groups in total. The van der Waals surface area contributed by atoms with Crippen molar-refractivity contribution in [3.63, 3.8) is 0 Å². The summed E-state index contributed by atoms with van der Waals surface area (Å²) in [6, 6.07) is 34.6. The average molecular weight is 397 g/mol. The molecule has 5 aromatic carbocycles. The van der Waals surface area contributed by atoms with Crippen LogP contribution in [0.1, 0.15) is 0 Å². The van der Waals surface area contributed by atoms with Gasteiger partial charge in [0.15, 0.2) is 0 Å². The van der Waals surface area contributed by atoms with Crippen molar-refractivity contribution in [2.75, 3.05) is 0 Å². The fourth-order valence-corrected chi connectivity index (χ4v) is 5.07. The Morgan fingerprint density at radius 1 is 0.548 bits per heavy atom. The van der Waals surface area contributed by atoms with E-state index in [1.807, 2.05) is 12.1 Å². The third-order valence-corrected chi connectivity index (χ3v) is 6.61. The first-order valence-electron chi connectivity index (χ1n) is 10.6. The van der Waals surface area contributed by atoms with Crippen molar-refractivity contribution in [1.29, 1.82) is 0 Å². The Morgan fingerprint density at radius 3 is 2.19 bits per heavy atom. The van der Waals surface area contributed by atoms with Crippen LogP contribution in [0.2, 0.25) is 0 Å². The number of aromatic nitrogens is 1. The van der Waals surface area contributed by atoms with Gasteiger partial charge in [0, 0.05) is 39.6 Å². The Kier molecular flexibility index (Phi) is 3.23. The van der Waals surface area contributed by atoms with E-state index in [0.29, 0.717) is 0 Å². The number of fused-ring (bicyclic) bond motifs is 8. The van der Waals surface area contributed by atoms with Gasteiger partial charge in [-0.15, -0.1) is 0 Å². The van der Waals surface area contributed by atoms with E-state index in [1.54, 1.807) is 0 Å². The Hall–Kier alpha value is -4.04. The Labute approximate surface area is 178 Å². The van der Waals surface area contributed by atoms with Gasteiger partial charge in [0.1, 0.15) is 11.2 Å². The molecular formula is C29H19NO. The lowest BCUT2D eigenvalue weighted by atomic mass is 9.99. The lowest BCUT2D eigenvalue weighted by Crippen LogP contribution is -1.86. The summed E-state index contributed by atoms with van der Waals surface area (Å²) < 4.78 is 8.42. The van der Waals surface area contributed by atoms with E-state index >= 15 is 0 Å². The first-order valence-corrected chi connectivity index (χ1v) is 10.6. The van der Waals surface area contributed by atoms with Crippen molar-refractivity contribution in [3.8, 4) is 11.1 Å². The third-order valence-electron chi connectivity index (χ3n) is 6.61. The van der Waals surface area contributed by atoms with E-state index in [0.717, 1.165) is 16.6 Å². The van der Waals surface area contributed by atoms with Crippen LogP contribution < -0.4 is 0 Å². The zero-order valence-electron chi connectivity index (χ0n) is 17.1. The molecule has 0 aliphatic heterocycles. The van der Waals surface area contributed by atoms with Crippen molar-refractivity contribution in [2.45, 2.75) is 0 Å². The molecule has 2 nitrogen and oxygen atoms in total. The SMILES string of the molecule is Cn1c2ccc(-c3ccc4c(c3)oc3ccccc34)cc2c2c3ccccc3ccc21. The van der Waals surface area contributed by atoms with Crippen LogP contribution in [0.4, 0.5) is 0 Å². The lowest BCUT2D eigenvalue weighted by molar-refractivity contribution is 0.669. The van der Waals surface area contributed by atoms with Gasteiger partial charge in [0.25, 0.3) is 0 Å². The summed E-state index contributed by atoms with van der Waals surface area (Å²) in [5.74, 6) is 0. The highest BCUT2D eigenvalue weighted by atomic mass is 16.3. The number of benzene rings is 5. The average Bonchev–Trinajstić information content (AvgIpc) is 3.33. The van der Waals surface area contributed by atoms with E-state index in [2.05, 4.69) is 96.5 Å². The molecule has 0 aliphatic carbocycles. The monoisotopic (exact) mass is 397 g/mol. The van der Waals surface area contributed by atoms with E-state index in [-0.39, 0.29) is 0 Å². The highest BCUT2D eigenvalue weighted by Crippen LogP contribution is 2.37. The van der Waals surface area contributed by atoms with Crippen molar-refractivity contribution in [1.82, 2.24) is 4.57 Å². The minimum atomic E-state index is 0.933. The summed E-state index contributed by atoms with van der Waals surface area (Å²) in [4.78, 5) is 0. The topological polar surface area (TPSA) is 18.1 Å². The second-order valence-electron chi connectivity index (χ2n) is 8.28. The molecule has 0 unspecified atom stereocenters. The van der Waals surface area contributed by atoms with Gasteiger partial charge in [-0.3, -0.25) is 0 Å². The van der Waals surface area contributed by atoms with Crippen molar-refractivity contribution in [3.05, 3.63) is 97.1 Å². The van der Waals surface area contributed by atoms with Gasteiger partial charge in [-0.25, -0.2) is 0 Å². The third kappa shape index (κ3) is 2.27. The summed E-state index contributed by atoms with van der Waals surface area (Å²) in [5, 5.41) is 7.52. The number of para-hydroxylation sites is 1. The fraction of sp³-hybridized carbons (Fsp3) is 0.0345. The lowest BCUT2D eigenvalue weighted by Gasteiger charge is -2.04. The molecule has 7 aromatic rings. The maximum absolute atomic E-state index is 6.13. The highest BCUT2D eigenvalue weighted by Gasteiger charge is 2.13. The summed E-state index contributed by atoms with van der Waals surface area (Å²) in [6.45, 7) is 0. The highest BCUT2D eigenvalue weighted by molar-refractivity contribution is 6.21. The molecule has 31 heavy (non-hydrogen) atoms. The Bertz CT molecular complexity index is 1800. The second kappa shape index (κ2) is 5.99. The van der Waals surface area contributed by atoms with Gasteiger partial charge < -0.3 is 8.98 Å². The van der Waals surface area contributed by atoms with Gasteiger partial charge in [-0.2, -0.15) is 0 Å². The molecule has 0 aliphatic rings. The van der Waals surface area contributed by atoms with Gasteiger partial charge in [0.2, 0.25) is 0 Å². The molecule has 0 amide bonds. The first kappa shape index (κ1) is 16.7. The standard InChI is InChI=1S/C29H19NO/c1-30-25-14-12-19(16-24(25)29-21-7-3-2-6-18(21)11-15-26(29)30)20-10-13-23-22-8-4-5-9-27(22)31-28(23)17-20/h2-17H,1H3. The molecular weight excluding hydrogens is 378 g/mol. The number of nitrogens with zero attached hydrogens (tertiary/aromatic N) is 1.